The fourth-order valence-corrected chi connectivity index (χ4v) is 9.99. The lowest BCUT2D eigenvalue weighted by Gasteiger charge is -2.66. The lowest BCUT2D eigenvalue weighted by molar-refractivity contribution is -0.143. The highest BCUT2D eigenvalue weighted by molar-refractivity contribution is 5.89. The number of aromatic nitrogens is 1. The standard InChI is InChI=1S/C33H37N3O3/c1-38-26-9-8-21-16-27-32-11-10-25(31-33(32,29(21)30(26)39-31)13-14-35(27)19-20-6-7-20)36(15-12-32)28(37)17-22-18-34-24-5-3-2-4-23(22)24/h2-5,8-9,18,20,25,27,31,34H,6-7,10-17,19H2,1H3/t25-,27-,31+,32-,33+/m1/s1. The van der Waals surface area contributed by atoms with Gasteiger partial charge in [0.15, 0.2) is 11.5 Å². The number of nitrogens with zero attached hydrogens (tertiary/aromatic N) is 2. The minimum absolute atomic E-state index is 0.0107. The van der Waals surface area contributed by atoms with Gasteiger partial charge in [-0.2, -0.15) is 0 Å². The number of para-hydroxylation sites is 1. The van der Waals surface area contributed by atoms with Gasteiger partial charge in [-0.15, -0.1) is 0 Å². The van der Waals surface area contributed by atoms with Crippen LogP contribution >= 0.6 is 0 Å². The second kappa shape index (κ2) is 7.81. The summed E-state index contributed by atoms with van der Waals surface area (Å²) in [7, 11) is 1.76. The summed E-state index contributed by atoms with van der Waals surface area (Å²) in [6.07, 6.45) is 10.8. The lowest BCUT2D eigenvalue weighted by atomic mass is 9.42. The number of piperidine rings is 1. The second-order valence-electron chi connectivity index (χ2n) is 13.2. The van der Waals surface area contributed by atoms with Crippen molar-refractivity contribution >= 4 is 16.8 Å². The Morgan fingerprint density at radius 3 is 2.87 bits per heavy atom. The first-order valence-corrected chi connectivity index (χ1v) is 15.1. The molecule has 5 heterocycles. The molecular weight excluding hydrogens is 486 g/mol. The molecule has 4 bridgehead atoms. The predicted octanol–water partition coefficient (Wildman–Crippen LogP) is 4.84. The average molecular weight is 524 g/mol. The van der Waals surface area contributed by atoms with Crippen LogP contribution < -0.4 is 9.47 Å². The van der Waals surface area contributed by atoms with Gasteiger partial charge in [-0.25, -0.2) is 0 Å². The highest BCUT2D eigenvalue weighted by Gasteiger charge is 2.74. The number of rotatable bonds is 5. The summed E-state index contributed by atoms with van der Waals surface area (Å²) >= 11 is 0. The van der Waals surface area contributed by atoms with Gasteiger partial charge in [0.25, 0.3) is 0 Å². The summed E-state index contributed by atoms with van der Waals surface area (Å²) in [5, 5.41) is 1.15. The molecule has 2 spiro atoms. The highest BCUT2D eigenvalue weighted by atomic mass is 16.5. The molecule has 0 unspecified atom stereocenters. The molecule has 39 heavy (non-hydrogen) atoms. The molecule has 0 radical (unpaired) electrons. The number of fused-ring (bicyclic) bond motifs is 4. The van der Waals surface area contributed by atoms with Crippen LogP contribution in [0.15, 0.2) is 42.6 Å². The number of methoxy groups -OCH3 is 1. The van der Waals surface area contributed by atoms with Crippen molar-refractivity contribution in [2.75, 3.05) is 26.7 Å². The number of nitrogens with one attached hydrogen (secondary N) is 1. The van der Waals surface area contributed by atoms with Crippen molar-refractivity contribution in [1.82, 2.24) is 14.8 Å². The summed E-state index contributed by atoms with van der Waals surface area (Å²) < 4.78 is 13.0. The largest absolute Gasteiger partial charge is 0.493 e. The molecule has 4 aliphatic heterocycles. The first-order chi connectivity index (χ1) is 19.1. The van der Waals surface area contributed by atoms with Crippen LogP contribution in [-0.2, 0) is 23.1 Å². The van der Waals surface area contributed by atoms with Crippen LogP contribution in [0.2, 0.25) is 0 Å². The Morgan fingerprint density at radius 1 is 1.10 bits per heavy atom. The van der Waals surface area contributed by atoms with Crippen molar-refractivity contribution in [3.05, 3.63) is 59.3 Å². The highest BCUT2D eigenvalue weighted by Crippen LogP contribution is 2.71. The predicted molar refractivity (Wildman–Crippen MR) is 149 cm³/mol. The maximum absolute atomic E-state index is 14.2. The zero-order valence-corrected chi connectivity index (χ0v) is 22.7. The van der Waals surface area contributed by atoms with Crippen molar-refractivity contribution in [1.29, 1.82) is 0 Å². The van der Waals surface area contributed by atoms with E-state index in [0.29, 0.717) is 12.5 Å². The van der Waals surface area contributed by atoms with Crippen molar-refractivity contribution < 1.29 is 14.3 Å². The summed E-state index contributed by atoms with van der Waals surface area (Å²) in [5.74, 6) is 2.97. The molecule has 3 aliphatic carbocycles. The van der Waals surface area contributed by atoms with E-state index < -0.39 is 0 Å². The number of ether oxygens (including phenoxy) is 2. The Morgan fingerprint density at radius 2 is 2.00 bits per heavy atom. The number of likely N-dealkylation sites (tertiary alicyclic amines) is 1. The number of hydrogen-bond acceptors (Lipinski definition) is 4. The van der Waals surface area contributed by atoms with Crippen LogP contribution in [0.1, 0.15) is 55.2 Å². The monoisotopic (exact) mass is 523 g/mol. The first kappa shape index (κ1) is 22.8. The number of H-pyrrole nitrogens is 1. The maximum atomic E-state index is 14.2. The van der Waals surface area contributed by atoms with Gasteiger partial charge in [0.1, 0.15) is 6.10 Å². The summed E-state index contributed by atoms with van der Waals surface area (Å²) in [6, 6.07) is 13.4. The number of benzene rings is 2. The number of carbonyl (C=O) groups excluding carboxylic acids is 1. The van der Waals surface area contributed by atoms with E-state index >= 15 is 0 Å². The van der Waals surface area contributed by atoms with Crippen molar-refractivity contribution in [3.63, 3.8) is 0 Å². The quantitative estimate of drug-likeness (QED) is 0.520. The van der Waals surface area contributed by atoms with E-state index in [4.69, 9.17) is 9.47 Å². The van der Waals surface area contributed by atoms with E-state index in [1.807, 2.05) is 12.3 Å². The molecule has 2 aromatic carbocycles. The Hall–Kier alpha value is -2.99. The Labute approximate surface area is 229 Å². The third kappa shape index (κ3) is 2.83. The smallest absolute Gasteiger partial charge is 0.227 e. The molecule has 3 aromatic rings. The molecule has 6 heteroatoms. The second-order valence-corrected chi connectivity index (χ2v) is 13.2. The van der Waals surface area contributed by atoms with Crippen LogP contribution in [0, 0.1) is 11.3 Å². The van der Waals surface area contributed by atoms with Crippen molar-refractivity contribution in [3.8, 4) is 11.5 Å². The van der Waals surface area contributed by atoms with Gasteiger partial charge in [0.2, 0.25) is 5.91 Å². The van der Waals surface area contributed by atoms with Gasteiger partial charge >= 0.3 is 0 Å². The third-order valence-electron chi connectivity index (χ3n) is 11.7. The molecule has 1 N–H and O–H groups in total. The minimum atomic E-state index is -0.0199. The van der Waals surface area contributed by atoms with Gasteiger partial charge < -0.3 is 19.4 Å². The SMILES string of the molecule is COc1ccc2c3c1O[C@H]1[C@H]4CC[C@@]5(CCN4C(=O)Cc4c[nH]c6ccccc46)[C@@H](C2)N(CC2CC2)CC[C@]315. The van der Waals surface area contributed by atoms with E-state index in [1.54, 1.807) is 7.11 Å². The van der Waals surface area contributed by atoms with E-state index in [1.165, 1.54) is 36.9 Å². The molecule has 6 nitrogen and oxygen atoms in total. The molecule has 1 amide bonds. The topological polar surface area (TPSA) is 57.8 Å². The van der Waals surface area contributed by atoms with E-state index in [2.05, 4.69) is 45.1 Å². The van der Waals surface area contributed by atoms with Gasteiger partial charge in [-0.3, -0.25) is 9.69 Å². The van der Waals surface area contributed by atoms with Crippen molar-refractivity contribution in [2.24, 2.45) is 11.3 Å². The zero-order valence-electron chi connectivity index (χ0n) is 22.7. The van der Waals surface area contributed by atoms with Gasteiger partial charge in [-0.1, -0.05) is 24.3 Å². The summed E-state index contributed by atoms with van der Waals surface area (Å²) in [5.41, 5.74) is 5.24. The van der Waals surface area contributed by atoms with Gasteiger partial charge in [0.05, 0.1) is 19.6 Å². The Balaban J connectivity index is 1.15. The maximum Gasteiger partial charge on any atom is 0.227 e. The molecule has 202 valence electrons. The molecule has 2 saturated carbocycles. The Kier molecular flexibility index (Phi) is 4.56. The van der Waals surface area contributed by atoms with Crippen LogP contribution in [-0.4, -0.2) is 65.6 Å². The first-order valence-electron chi connectivity index (χ1n) is 15.1. The van der Waals surface area contributed by atoms with E-state index in [-0.39, 0.29) is 28.9 Å². The molecule has 1 aromatic heterocycles. The third-order valence-corrected chi connectivity index (χ3v) is 11.7. The fourth-order valence-electron chi connectivity index (χ4n) is 9.99. The average Bonchev–Trinajstić information content (AvgIpc) is 3.65. The van der Waals surface area contributed by atoms with Gasteiger partial charge in [-0.05, 0) is 80.7 Å². The lowest BCUT2D eigenvalue weighted by Crippen LogP contribution is -2.72. The number of aromatic amines is 1. The van der Waals surface area contributed by atoms with Crippen LogP contribution in [0.4, 0.5) is 0 Å². The number of carbonyl (C=O) groups is 1. The number of hydrogen-bond donors (Lipinski definition) is 1. The molecule has 10 rings (SSSR count). The minimum Gasteiger partial charge on any atom is -0.493 e. The molecular formula is C33H37N3O3. The van der Waals surface area contributed by atoms with E-state index in [0.717, 1.165) is 72.7 Å². The summed E-state index contributed by atoms with van der Waals surface area (Å²) in [4.78, 5) is 22.6. The molecule has 5 fully saturated rings. The Bertz CT molecular complexity index is 1510. The fraction of sp³-hybridized carbons (Fsp3) is 0.545. The molecule has 7 aliphatic rings. The summed E-state index contributed by atoms with van der Waals surface area (Å²) in [6.45, 7) is 3.24. The van der Waals surface area contributed by atoms with Crippen molar-refractivity contribution in [2.45, 2.75) is 75.0 Å². The van der Waals surface area contributed by atoms with Crippen LogP contribution in [0.25, 0.3) is 10.9 Å². The van der Waals surface area contributed by atoms with Crippen LogP contribution in [0.5, 0.6) is 11.5 Å². The molecule has 5 atom stereocenters. The zero-order chi connectivity index (χ0) is 25.9. The van der Waals surface area contributed by atoms with Crippen LogP contribution in [0.3, 0.4) is 0 Å². The van der Waals surface area contributed by atoms with Gasteiger partial charge in [0, 0.05) is 52.6 Å². The normalized spacial score (nSPS) is 34.1. The molecule has 3 saturated heterocycles. The van der Waals surface area contributed by atoms with E-state index in [9.17, 15) is 4.79 Å². The number of amides is 1.